The summed E-state index contributed by atoms with van der Waals surface area (Å²) in [7, 11) is 0. The highest BCUT2D eigenvalue weighted by Gasteiger charge is 2.21. The predicted molar refractivity (Wildman–Crippen MR) is 34.3 cm³/mol. The molecule has 0 rings (SSSR count). The van der Waals surface area contributed by atoms with Crippen LogP contribution in [0.1, 0.15) is 13.8 Å². The number of carbonyl (C=O) groups is 1. The van der Waals surface area contributed by atoms with Crippen LogP contribution in [-0.2, 0) is 9.53 Å². The first-order valence-corrected chi connectivity index (χ1v) is 3.07. The number of hydrogen-bond acceptors (Lipinski definition) is 4. The van der Waals surface area contributed by atoms with E-state index in [2.05, 4.69) is 0 Å². The van der Waals surface area contributed by atoms with Gasteiger partial charge in [-0.3, -0.25) is 4.79 Å². The highest BCUT2D eigenvalue weighted by molar-refractivity contribution is 5.80. The first kappa shape index (κ1) is 9.55. The van der Waals surface area contributed by atoms with Crippen LogP contribution in [0.25, 0.3) is 0 Å². The van der Waals surface area contributed by atoms with Gasteiger partial charge in [0, 0.05) is 6.61 Å². The molecule has 0 aliphatic heterocycles. The minimum Gasteiger partial charge on any atom is -0.366 e. The van der Waals surface area contributed by atoms with Crippen molar-refractivity contribution in [3.05, 3.63) is 0 Å². The Kier molecular flexibility index (Phi) is 4.18. The second-order valence-electron chi connectivity index (χ2n) is 1.90. The number of aliphatic hydroxyl groups excluding tert-OH is 1. The van der Waals surface area contributed by atoms with Gasteiger partial charge in [-0.1, -0.05) is 0 Å². The summed E-state index contributed by atoms with van der Waals surface area (Å²) >= 11 is 0. The number of carbonyl (C=O) groups excluding carboxylic acids is 1. The number of hydrogen-bond donors (Lipinski definition) is 2. The van der Waals surface area contributed by atoms with E-state index in [0.717, 1.165) is 0 Å². The van der Waals surface area contributed by atoms with E-state index in [4.69, 9.17) is 14.9 Å². The molecule has 0 fully saturated rings. The number of ketones is 1. The molecule has 1 unspecified atom stereocenters. The van der Waals surface area contributed by atoms with Gasteiger partial charge in [-0.15, -0.1) is 0 Å². The molecule has 0 bridgehead atoms. The van der Waals surface area contributed by atoms with E-state index in [-0.39, 0.29) is 5.78 Å². The Bertz CT molecular complexity index is 110. The van der Waals surface area contributed by atoms with Crippen molar-refractivity contribution >= 4 is 5.78 Å². The van der Waals surface area contributed by atoms with E-state index in [1.165, 1.54) is 6.92 Å². The minimum atomic E-state index is -1.71. The maximum absolute atomic E-state index is 10.5. The van der Waals surface area contributed by atoms with E-state index < -0.39 is 12.4 Å². The zero-order valence-corrected chi connectivity index (χ0v) is 6.07. The van der Waals surface area contributed by atoms with Gasteiger partial charge in [0.25, 0.3) is 0 Å². The second-order valence-corrected chi connectivity index (χ2v) is 1.90. The summed E-state index contributed by atoms with van der Waals surface area (Å²) in [5.74, 6) is -0.378. The molecule has 2 N–H and O–H groups in total. The van der Waals surface area contributed by atoms with E-state index in [9.17, 15) is 4.79 Å². The zero-order valence-electron chi connectivity index (χ0n) is 6.07. The summed E-state index contributed by atoms with van der Waals surface area (Å²) in [6, 6.07) is 0. The molecule has 0 saturated carbocycles. The summed E-state index contributed by atoms with van der Waals surface area (Å²) in [4.78, 5) is 10.5. The first-order valence-electron chi connectivity index (χ1n) is 3.07. The monoisotopic (exact) mass is 148 g/mol. The lowest BCUT2D eigenvalue weighted by Gasteiger charge is -2.14. The third-order valence-electron chi connectivity index (χ3n) is 1.02. The molecule has 0 aromatic heterocycles. The number of Topliss-reactive ketones (excluding diaryl/α,β-unsaturated/α-hetero) is 1. The van der Waals surface area contributed by atoms with Crippen LogP contribution in [0.3, 0.4) is 0 Å². The fraction of sp³-hybridized carbons (Fsp3) is 0.833. The largest absolute Gasteiger partial charge is 0.366 e. The van der Waals surface area contributed by atoms with Crippen LogP contribution in [0, 0.1) is 0 Å². The van der Waals surface area contributed by atoms with Gasteiger partial charge in [-0.05, 0) is 13.8 Å². The summed E-state index contributed by atoms with van der Waals surface area (Å²) in [6.07, 6.45) is -2.80. The third kappa shape index (κ3) is 2.91. The Morgan fingerprint density at radius 3 is 2.20 bits per heavy atom. The molecule has 4 nitrogen and oxygen atoms in total. The van der Waals surface area contributed by atoms with Gasteiger partial charge in [0.2, 0.25) is 0 Å². The Labute approximate surface area is 59.4 Å². The molecule has 0 radical (unpaired) electrons. The van der Waals surface area contributed by atoms with Gasteiger partial charge < -0.3 is 14.9 Å². The quantitative estimate of drug-likeness (QED) is 0.517. The van der Waals surface area contributed by atoms with Crippen molar-refractivity contribution in [2.75, 3.05) is 6.61 Å². The lowest BCUT2D eigenvalue weighted by Crippen LogP contribution is -2.34. The lowest BCUT2D eigenvalue weighted by atomic mass is 10.2. The smallest absolute Gasteiger partial charge is 0.185 e. The van der Waals surface area contributed by atoms with E-state index in [1.54, 1.807) is 6.92 Å². The first-order chi connectivity index (χ1) is 4.59. The van der Waals surface area contributed by atoms with Crippen LogP contribution in [0.2, 0.25) is 0 Å². The highest BCUT2D eigenvalue weighted by Crippen LogP contribution is 1.97. The van der Waals surface area contributed by atoms with Crippen LogP contribution in [-0.4, -0.2) is 35.0 Å². The maximum Gasteiger partial charge on any atom is 0.185 e. The van der Waals surface area contributed by atoms with Crippen molar-refractivity contribution in [3.63, 3.8) is 0 Å². The van der Waals surface area contributed by atoms with Gasteiger partial charge in [-0.2, -0.15) is 0 Å². The Morgan fingerprint density at radius 2 is 2.10 bits per heavy atom. The highest BCUT2D eigenvalue weighted by atomic mass is 16.6. The topological polar surface area (TPSA) is 66.8 Å². The standard InChI is InChI=1S/C6H12O4/c1-3-10-5(4(2)7)6(8)9/h5-6,8-9H,3H2,1-2H3. The maximum atomic E-state index is 10.5. The van der Waals surface area contributed by atoms with Crippen molar-refractivity contribution in [3.8, 4) is 0 Å². The Hall–Kier alpha value is -0.450. The molecular weight excluding hydrogens is 136 g/mol. The SMILES string of the molecule is CCOC(C(C)=O)C(O)O. The van der Waals surface area contributed by atoms with Crippen molar-refractivity contribution in [2.24, 2.45) is 0 Å². The summed E-state index contributed by atoms with van der Waals surface area (Å²) in [5.41, 5.74) is 0. The molecule has 0 aromatic rings. The molecule has 0 aliphatic rings. The second kappa shape index (κ2) is 4.38. The molecular formula is C6H12O4. The number of rotatable bonds is 4. The number of ether oxygens (including phenoxy) is 1. The average Bonchev–Trinajstić information content (AvgIpc) is 1.81. The zero-order chi connectivity index (χ0) is 8.15. The summed E-state index contributed by atoms with van der Waals surface area (Å²) in [6.45, 7) is 3.22. The fourth-order valence-electron chi connectivity index (χ4n) is 0.593. The lowest BCUT2D eigenvalue weighted by molar-refractivity contribution is -0.163. The van der Waals surface area contributed by atoms with Crippen LogP contribution in [0.4, 0.5) is 0 Å². The van der Waals surface area contributed by atoms with Crippen molar-refractivity contribution in [1.29, 1.82) is 0 Å². The molecule has 0 heterocycles. The molecule has 0 aliphatic carbocycles. The average molecular weight is 148 g/mol. The normalized spacial score (nSPS) is 13.7. The van der Waals surface area contributed by atoms with E-state index in [1.807, 2.05) is 0 Å². The van der Waals surface area contributed by atoms with Gasteiger partial charge in [0.1, 0.15) is 0 Å². The van der Waals surface area contributed by atoms with E-state index in [0.29, 0.717) is 6.61 Å². The molecule has 1 atom stereocenters. The van der Waals surface area contributed by atoms with Crippen LogP contribution >= 0.6 is 0 Å². The molecule has 60 valence electrons. The number of aliphatic hydroxyl groups is 2. The predicted octanol–water partition coefficient (Wildman–Crippen LogP) is -0.709. The van der Waals surface area contributed by atoms with Gasteiger partial charge >= 0.3 is 0 Å². The molecule has 0 aromatic carbocycles. The van der Waals surface area contributed by atoms with Crippen LogP contribution < -0.4 is 0 Å². The van der Waals surface area contributed by atoms with Crippen LogP contribution in [0.15, 0.2) is 0 Å². The molecule has 4 heteroatoms. The van der Waals surface area contributed by atoms with Crippen molar-refractivity contribution in [2.45, 2.75) is 26.2 Å². The Morgan fingerprint density at radius 1 is 1.60 bits per heavy atom. The molecule has 0 spiro atoms. The van der Waals surface area contributed by atoms with Gasteiger partial charge in [-0.25, -0.2) is 0 Å². The van der Waals surface area contributed by atoms with Crippen molar-refractivity contribution < 1.29 is 19.7 Å². The van der Waals surface area contributed by atoms with Crippen LogP contribution in [0.5, 0.6) is 0 Å². The van der Waals surface area contributed by atoms with E-state index >= 15 is 0 Å². The molecule has 0 amide bonds. The van der Waals surface area contributed by atoms with Crippen molar-refractivity contribution in [1.82, 2.24) is 0 Å². The molecule has 10 heavy (non-hydrogen) atoms. The summed E-state index contributed by atoms with van der Waals surface area (Å²) < 4.78 is 4.72. The van der Waals surface area contributed by atoms with Gasteiger partial charge in [0.05, 0.1) is 0 Å². The molecule has 0 saturated heterocycles. The fourth-order valence-corrected chi connectivity index (χ4v) is 0.593. The Balaban J connectivity index is 3.85. The van der Waals surface area contributed by atoms with Gasteiger partial charge in [0.15, 0.2) is 18.2 Å². The summed E-state index contributed by atoms with van der Waals surface area (Å²) in [5, 5.41) is 17.0. The third-order valence-corrected chi connectivity index (χ3v) is 1.02. The minimum absolute atomic E-state index is 0.294.